The second-order valence-corrected chi connectivity index (χ2v) is 21.1. The summed E-state index contributed by atoms with van der Waals surface area (Å²) in [5.41, 5.74) is 6.02. The van der Waals surface area contributed by atoms with E-state index in [1.54, 1.807) is 6.07 Å². The number of aromatic nitrogens is 3. The lowest BCUT2D eigenvalue weighted by molar-refractivity contribution is 0.0903. The molecule has 0 amide bonds. The maximum Gasteiger partial charge on any atom is 0.255 e. The Morgan fingerprint density at radius 3 is 2.50 bits per heavy atom. The number of aliphatic imine (C=N–C) groups is 1. The molecule has 3 aliphatic heterocycles. The lowest BCUT2D eigenvalue weighted by atomic mass is 10.00. The quantitative estimate of drug-likeness (QED) is 0.145. The van der Waals surface area contributed by atoms with Gasteiger partial charge in [0.25, 0.3) is 5.56 Å². The first-order valence-electron chi connectivity index (χ1n) is 16.9. The van der Waals surface area contributed by atoms with Gasteiger partial charge in [0.15, 0.2) is 0 Å². The summed E-state index contributed by atoms with van der Waals surface area (Å²) in [7, 11) is -1.20. The van der Waals surface area contributed by atoms with Crippen molar-refractivity contribution in [2.45, 2.75) is 97.1 Å². The molecule has 4 aromatic rings. The summed E-state index contributed by atoms with van der Waals surface area (Å²) >= 11 is 0. The predicted octanol–water partition coefficient (Wildman–Crippen LogP) is 7.08. The molecule has 242 valence electrons. The van der Waals surface area contributed by atoms with Crippen LogP contribution in [0.15, 0.2) is 64.5 Å². The Morgan fingerprint density at radius 1 is 1.02 bits per heavy atom. The van der Waals surface area contributed by atoms with Crippen LogP contribution in [0.25, 0.3) is 33.3 Å². The Morgan fingerprint density at radius 2 is 1.76 bits per heavy atom. The van der Waals surface area contributed by atoms with Crippen LogP contribution in [0.1, 0.15) is 46.1 Å². The first-order valence-corrected chi connectivity index (χ1v) is 20.6. The van der Waals surface area contributed by atoms with Crippen molar-refractivity contribution in [2.75, 3.05) is 24.6 Å². The van der Waals surface area contributed by atoms with E-state index in [0.717, 1.165) is 65.1 Å². The molecule has 1 fully saturated rings. The van der Waals surface area contributed by atoms with Gasteiger partial charge in [-0.1, -0.05) is 50.0 Å². The number of rotatable bonds is 9. The molecule has 0 saturated carbocycles. The number of nitrogens with zero attached hydrogens (tertiary/aromatic N) is 6. The number of benzene rings is 2. The highest BCUT2D eigenvalue weighted by molar-refractivity contribution is 6.76. The van der Waals surface area contributed by atoms with Crippen LogP contribution in [0.4, 0.5) is 5.95 Å². The highest BCUT2D eigenvalue weighted by Crippen LogP contribution is 2.37. The van der Waals surface area contributed by atoms with Gasteiger partial charge in [-0.3, -0.25) is 14.4 Å². The molecule has 0 radical (unpaired) electrons. The zero-order chi connectivity index (χ0) is 32.4. The zero-order valence-corrected chi connectivity index (χ0v) is 29.5. The highest BCUT2D eigenvalue weighted by Gasteiger charge is 2.40. The minimum Gasteiger partial charge on any atom is -0.361 e. The Kier molecular flexibility index (Phi) is 7.75. The fraction of sp³-hybridized carbons (Fsp3) is 0.486. The van der Waals surface area contributed by atoms with Crippen LogP contribution in [-0.2, 0) is 18.0 Å². The monoisotopic (exact) mass is 636 g/mol. The molecule has 46 heavy (non-hydrogen) atoms. The molecule has 3 aliphatic rings. The van der Waals surface area contributed by atoms with E-state index in [1.165, 1.54) is 18.4 Å². The van der Waals surface area contributed by atoms with E-state index in [4.69, 9.17) is 14.7 Å². The molecule has 0 aliphatic carbocycles. The molecule has 2 aromatic heterocycles. The summed E-state index contributed by atoms with van der Waals surface area (Å²) in [5, 5.41) is 1.07. The summed E-state index contributed by atoms with van der Waals surface area (Å²) < 4.78 is 10.2. The van der Waals surface area contributed by atoms with Crippen molar-refractivity contribution in [1.29, 1.82) is 0 Å². The summed E-state index contributed by atoms with van der Waals surface area (Å²) in [6.45, 7) is 19.7. The van der Waals surface area contributed by atoms with Gasteiger partial charge in [-0.25, -0.2) is 4.98 Å². The number of amidine groups is 1. The van der Waals surface area contributed by atoms with Gasteiger partial charge in [-0.05, 0) is 69.8 Å². The van der Waals surface area contributed by atoms with Gasteiger partial charge in [0.05, 0.1) is 35.9 Å². The van der Waals surface area contributed by atoms with Crippen molar-refractivity contribution in [2.24, 2.45) is 4.99 Å². The Hall–Kier alpha value is -3.69. The molecule has 7 rings (SSSR count). The molecule has 2 aromatic carbocycles. The predicted molar refractivity (Wildman–Crippen MR) is 192 cm³/mol. The van der Waals surface area contributed by atoms with Crippen molar-refractivity contribution >= 4 is 30.8 Å². The third-order valence-corrected chi connectivity index (χ3v) is 11.6. The molecule has 0 N–H and O–H groups in total. The fourth-order valence-corrected chi connectivity index (χ4v) is 8.37. The molecular weight excluding hydrogens is 589 g/mol. The lowest BCUT2D eigenvalue weighted by Crippen LogP contribution is -2.45. The summed E-state index contributed by atoms with van der Waals surface area (Å²) in [6.07, 6.45) is 4.62. The van der Waals surface area contributed by atoms with Gasteiger partial charge < -0.3 is 19.1 Å². The molecule has 9 heteroatoms. The normalized spacial score (nSPS) is 19.0. The number of anilines is 1. The number of hydrogen-bond acceptors (Lipinski definition) is 6. The smallest absolute Gasteiger partial charge is 0.255 e. The van der Waals surface area contributed by atoms with Gasteiger partial charge in [0, 0.05) is 56.0 Å². The largest absolute Gasteiger partial charge is 0.361 e. The van der Waals surface area contributed by atoms with Crippen LogP contribution in [0.2, 0.25) is 25.7 Å². The van der Waals surface area contributed by atoms with Crippen molar-refractivity contribution < 1.29 is 4.74 Å². The summed E-state index contributed by atoms with van der Waals surface area (Å²) in [5.74, 6) is 1.89. The average Bonchev–Trinajstić information content (AvgIpc) is 3.76. The van der Waals surface area contributed by atoms with E-state index in [1.807, 2.05) is 4.57 Å². The minimum absolute atomic E-state index is 0.00896. The van der Waals surface area contributed by atoms with E-state index in [0.29, 0.717) is 25.0 Å². The zero-order valence-electron chi connectivity index (χ0n) is 28.5. The SMILES string of the molecule is CC(C)N1c2nc(-c3cn(COCC[Si](C)(C)C)c4ccc(-c5ccc(C6=NC[C@@H]7CCCN67)cc5)cc34)cc(=O)n2CC1(C)C. The van der Waals surface area contributed by atoms with E-state index < -0.39 is 8.07 Å². The molecule has 0 spiro atoms. The third kappa shape index (κ3) is 5.62. The molecule has 1 atom stereocenters. The van der Waals surface area contributed by atoms with Gasteiger partial charge in [0.2, 0.25) is 5.95 Å². The van der Waals surface area contributed by atoms with E-state index >= 15 is 0 Å². The van der Waals surface area contributed by atoms with E-state index in [-0.39, 0.29) is 17.1 Å². The van der Waals surface area contributed by atoms with Crippen molar-refractivity contribution in [3.05, 3.63) is 70.6 Å². The van der Waals surface area contributed by atoms with Crippen molar-refractivity contribution in [1.82, 2.24) is 19.0 Å². The molecule has 8 nitrogen and oxygen atoms in total. The molecule has 0 unspecified atom stereocenters. The second-order valence-electron chi connectivity index (χ2n) is 15.5. The number of fused-ring (bicyclic) bond motifs is 3. The van der Waals surface area contributed by atoms with Gasteiger partial charge in [-0.15, -0.1) is 0 Å². The Balaban J connectivity index is 1.27. The molecular formula is C37H48N6O2Si. The van der Waals surface area contributed by atoms with Gasteiger partial charge in [-0.2, -0.15) is 0 Å². The summed E-state index contributed by atoms with van der Waals surface area (Å²) in [6, 6.07) is 19.1. The summed E-state index contributed by atoms with van der Waals surface area (Å²) in [4.78, 5) is 28.4. The van der Waals surface area contributed by atoms with E-state index in [2.05, 4.69) is 110 Å². The first kappa shape index (κ1) is 30.9. The topological polar surface area (TPSA) is 67.9 Å². The van der Waals surface area contributed by atoms with Crippen molar-refractivity contribution in [3.63, 3.8) is 0 Å². The third-order valence-electron chi connectivity index (χ3n) is 9.88. The highest BCUT2D eigenvalue weighted by atomic mass is 28.3. The standard InChI is InChI=1S/C37H48N6O2Si/c1-25(2)43-36-39-32(20-34(44)42(36)23-37(43,3)4)31-22-40(24-45-17-18-46(5,6)7)33-15-14-28(19-30(31)33)26-10-12-27(13-11-26)35-38-21-29-9-8-16-41(29)35/h10-15,19-20,22,25,29H,8-9,16-18,21,23-24H2,1-7H3/t29-/m0/s1. The Labute approximate surface area is 273 Å². The average molecular weight is 637 g/mol. The number of hydrogen-bond donors (Lipinski definition) is 0. The van der Waals surface area contributed by atoms with Crippen LogP contribution >= 0.6 is 0 Å². The second kappa shape index (κ2) is 11.5. The van der Waals surface area contributed by atoms with Crippen LogP contribution in [-0.4, -0.2) is 70.2 Å². The molecule has 1 saturated heterocycles. The van der Waals surface area contributed by atoms with Gasteiger partial charge >= 0.3 is 0 Å². The molecule has 5 heterocycles. The van der Waals surface area contributed by atoms with Gasteiger partial charge in [0.1, 0.15) is 12.6 Å². The maximum absolute atomic E-state index is 13.6. The van der Waals surface area contributed by atoms with Crippen LogP contribution < -0.4 is 10.5 Å². The van der Waals surface area contributed by atoms with Crippen LogP contribution in [0.5, 0.6) is 0 Å². The van der Waals surface area contributed by atoms with Crippen LogP contribution in [0.3, 0.4) is 0 Å². The van der Waals surface area contributed by atoms with Crippen LogP contribution in [0, 0.1) is 0 Å². The number of ether oxygens (including phenoxy) is 1. The molecule has 0 bridgehead atoms. The van der Waals surface area contributed by atoms with Crippen molar-refractivity contribution in [3.8, 4) is 22.4 Å². The fourth-order valence-electron chi connectivity index (χ4n) is 7.61. The first-order chi connectivity index (χ1) is 21.9. The Bertz CT molecular complexity index is 1860. The van der Waals surface area contributed by atoms with E-state index in [9.17, 15) is 4.79 Å². The minimum atomic E-state index is -1.20. The maximum atomic E-state index is 13.6. The lowest BCUT2D eigenvalue weighted by Gasteiger charge is -2.35.